The molecule has 6 nitrogen and oxygen atoms in total. The monoisotopic (exact) mass is 411 g/mol. The molecule has 28 heavy (non-hydrogen) atoms. The summed E-state index contributed by atoms with van der Waals surface area (Å²) in [5, 5.41) is 7.95. The first-order valence-corrected chi connectivity index (χ1v) is 9.50. The molecule has 2 aromatic carbocycles. The van der Waals surface area contributed by atoms with Crippen LogP contribution >= 0.6 is 22.9 Å². The zero-order valence-corrected chi connectivity index (χ0v) is 16.3. The molecule has 0 unspecified atom stereocenters. The van der Waals surface area contributed by atoms with Crippen LogP contribution in [-0.2, 0) is 7.05 Å². The highest BCUT2D eigenvalue weighted by Gasteiger charge is 2.19. The van der Waals surface area contributed by atoms with E-state index >= 15 is 0 Å². The average molecular weight is 412 g/mol. The van der Waals surface area contributed by atoms with Crippen LogP contribution in [0.4, 0.5) is 5.69 Å². The second-order valence-corrected chi connectivity index (χ2v) is 7.44. The molecule has 1 N–H and O–H groups in total. The maximum atomic E-state index is 12.5. The molecule has 0 radical (unpaired) electrons. The summed E-state index contributed by atoms with van der Waals surface area (Å²) in [6.07, 6.45) is 3.11. The molecule has 0 aliphatic rings. The Morgan fingerprint density at radius 3 is 2.57 bits per heavy atom. The van der Waals surface area contributed by atoms with Crippen LogP contribution in [0.3, 0.4) is 0 Å². The van der Waals surface area contributed by atoms with Gasteiger partial charge in [0.25, 0.3) is 5.91 Å². The number of nitrogens with zero attached hydrogens (tertiary/aromatic N) is 2. The van der Waals surface area contributed by atoms with Gasteiger partial charge in [-0.2, -0.15) is 5.10 Å². The second-order valence-electron chi connectivity index (χ2n) is 6.01. The minimum atomic E-state index is -0.515. The number of amides is 1. The van der Waals surface area contributed by atoms with E-state index < -0.39 is 5.97 Å². The molecular formula is C20H14ClN3O3S. The third kappa shape index (κ3) is 3.62. The molecule has 4 aromatic rings. The van der Waals surface area contributed by atoms with Crippen LogP contribution in [0.1, 0.15) is 20.0 Å². The molecule has 4 rings (SSSR count). The number of anilines is 1. The maximum absolute atomic E-state index is 12.5. The van der Waals surface area contributed by atoms with Gasteiger partial charge in [-0.15, -0.1) is 11.3 Å². The highest BCUT2D eigenvalue weighted by Crippen LogP contribution is 2.35. The van der Waals surface area contributed by atoms with Gasteiger partial charge in [-0.1, -0.05) is 29.8 Å². The summed E-state index contributed by atoms with van der Waals surface area (Å²) >= 11 is 7.61. The topological polar surface area (TPSA) is 73.2 Å². The Hall–Kier alpha value is -3.16. The van der Waals surface area contributed by atoms with Gasteiger partial charge in [0.15, 0.2) is 0 Å². The molecule has 0 aliphatic heterocycles. The highest BCUT2D eigenvalue weighted by molar-refractivity contribution is 7.21. The fourth-order valence-electron chi connectivity index (χ4n) is 2.65. The van der Waals surface area contributed by atoms with Crippen molar-refractivity contribution in [2.45, 2.75) is 0 Å². The van der Waals surface area contributed by atoms with E-state index in [9.17, 15) is 9.59 Å². The van der Waals surface area contributed by atoms with Gasteiger partial charge >= 0.3 is 5.97 Å². The predicted octanol–water partition coefficient (Wildman–Crippen LogP) is 4.76. The number of esters is 1. The molecule has 0 aliphatic carbocycles. The van der Waals surface area contributed by atoms with Crippen molar-refractivity contribution in [2.75, 3.05) is 5.32 Å². The van der Waals surface area contributed by atoms with Crippen LogP contribution in [0.2, 0.25) is 5.02 Å². The van der Waals surface area contributed by atoms with E-state index in [1.165, 1.54) is 17.5 Å². The van der Waals surface area contributed by atoms with Crippen LogP contribution in [0.15, 0.2) is 60.9 Å². The number of hydrogen-bond donors (Lipinski definition) is 1. The minimum absolute atomic E-state index is 0.269. The number of fused-ring (bicyclic) bond motifs is 1. The van der Waals surface area contributed by atoms with Crippen LogP contribution in [0.25, 0.3) is 10.1 Å². The Balaban J connectivity index is 1.46. The van der Waals surface area contributed by atoms with Gasteiger partial charge in [0.05, 0.1) is 16.8 Å². The Bertz CT molecular complexity index is 1180. The molecule has 8 heteroatoms. The molecule has 0 atom stereocenters. The number of carbonyl (C=O) groups excluding carboxylic acids is 2. The van der Waals surface area contributed by atoms with Crippen molar-refractivity contribution in [3.8, 4) is 5.75 Å². The van der Waals surface area contributed by atoms with E-state index in [1.807, 2.05) is 24.3 Å². The lowest BCUT2D eigenvalue weighted by Crippen LogP contribution is -2.11. The minimum Gasteiger partial charge on any atom is -0.422 e. The van der Waals surface area contributed by atoms with E-state index in [4.69, 9.17) is 16.3 Å². The Labute approximate surface area is 169 Å². The summed E-state index contributed by atoms with van der Waals surface area (Å²) in [6, 6.07) is 14.1. The number of halogens is 1. The SMILES string of the molecule is Cn1cc(C(=O)Nc2ccc(OC(=O)c3sc4ccccc4c3Cl)cc2)cn1. The summed E-state index contributed by atoms with van der Waals surface area (Å²) in [6.45, 7) is 0. The van der Waals surface area contributed by atoms with Gasteiger partial charge in [0.2, 0.25) is 0 Å². The summed E-state index contributed by atoms with van der Waals surface area (Å²) in [7, 11) is 1.74. The lowest BCUT2D eigenvalue weighted by molar-refractivity contribution is 0.0739. The van der Waals surface area contributed by atoms with E-state index in [0.717, 1.165) is 10.1 Å². The summed E-state index contributed by atoms with van der Waals surface area (Å²) in [5.74, 6) is -0.425. The molecule has 1 amide bonds. The van der Waals surface area contributed by atoms with Gasteiger partial charge in [-0.3, -0.25) is 9.48 Å². The fraction of sp³-hybridized carbons (Fsp3) is 0.0500. The molecule has 2 heterocycles. The van der Waals surface area contributed by atoms with Crippen molar-refractivity contribution < 1.29 is 14.3 Å². The lowest BCUT2D eigenvalue weighted by Gasteiger charge is -2.06. The summed E-state index contributed by atoms with van der Waals surface area (Å²) in [5.41, 5.74) is 1.03. The Morgan fingerprint density at radius 1 is 1.14 bits per heavy atom. The van der Waals surface area contributed by atoms with Gasteiger partial charge in [-0.05, 0) is 30.3 Å². The number of aromatic nitrogens is 2. The normalized spacial score (nSPS) is 10.8. The molecular weight excluding hydrogens is 398 g/mol. The Kier molecular flexibility index (Phi) is 4.85. The average Bonchev–Trinajstić information content (AvgIpc) is 3.27. The molecule has 140 valence electrons. The van der Waals surface area contributed by atoms with E-state index in [1.54, 1.807) is 42.2 Å². The van der Waals surface area contributed by atoms with E-state index in [-0.39, 0.29) is 5.91 Å². The highest BCUT2D eigenvalue weighted by atomic mass is 35.5. The Morgan fingerprint density at radius 2 is 1.89 bits per heavy atom. The van der Waals surface area contributed by atoms with Crippen LogP contribution in [0.5, 0.6) is 5.75 Å². The van der Waals surface area contributed by atoms with Crippen molar-refractivity contribution in [3.05, 3.63) is 76.4 Å². The smallest absolute Gasteiger partial charge is 0.355 e. The summed E-state index contributed by atoms with van der Waals surface area (Å²) < 4.78 is 7.90. The van der Waals surface area contributed by atoms with E-state index in [2.05, 4.69) is 10.4 Å². The number of ether oxygens (including phenoxy) is 1. The number of nitrogens with one attached hydrogen (secondary N) is 1. The first kappa shape index (κ1) is 18.2. The number of thiophene rings is 1. The third-order valence-electron chi connectivity index (χ3n) is 4.01. The maximum Gasteiger partial charge on any atom is 0.355 e. The number of hydrogen-bond acceptors (Lipinski definition) is 5. The van der Waals surface area contributed by atoms with E-state index in [0.29, 0.717) is 26.9 Å². The van der Waals surface area contributed by atoms with Crippen molar-refractivity contribution in [3.63, 3.8) is 0 Å². The van der Waals surface area contributed by atoms with Crippen LogP contribution < -0.4 is 10.1 Å². The number of benzene rings is 2. The van der Waals surface area contributed by atoms with Crippen molar-refractivity contribution >= 4 is 50.6 Å². The molecule has 0 spiro atoms. The molecule has 2 aromatic heterocycles. The second kappa shape index (κ2) is 7.46. The van der Waals surface area contributed by atoms with Crippen LogP contribution in [0, 0.1) is 0 Å². The molecule has 0 fully saturated rings. The van der Waals surface area contributed by atoms with Crippen molar-refractivity contribution in [2.24, 2.45) is 7.05 Å². The predicted molar refractivity (Wildman–Crippen MR) is 109 cm³/mol. The molecule has 0 saturated heterocycles. The number of rotatable bonds is 4. The zero-order valence-electron chi connectivity index (χ0n) is 14.7. The largest absolute Gasteiger partial charge is 0.422 e. The molecule has 0 saturated carbocycles. The van der Waals surface area contributed by atoms with Gasteiger partial charge in [-0.25, -0.2) is 4.79 Å². The van der Waals surface area contributed by atoms with Gasteiger partial charge in [0.1, 0.15) is 10.6 Å². The first-order chi connectivity index (χ1) is 13.5. The van der Waals surface area contributed by atoms with Gasteiger partial charge in [0, 0.05) is 29.0 Å². The molecule has 0 bridgehead atoms. The standard InChI is InChI=1S/C20H14ClN3O3S/c1-24-11-12(10-22-24)19(25)23-13-6-8-14(9-7-13)27-20(26)18-17(21)15-4-2-3-5-16(15)28-18/h2-11H,1H3,(H,23,25). The van der Waals surface area contributed by atoms with Crippen molar-refractivity contribution in [1.29, 1.82) is 0 Å². The fourth-order valence-corrected chi connectivity index (χ4v) is 4.03. The van der Waals surface area contributed by atoms with Gasteiger partial charge < -0.3 is 10.1 Å². The van der Waals surface area contributed by atoms with Crippen LogP contribution in [-0.4, -0.2) is 21.7 Å². The van der Waals surface area contributed by atoms with Crippen molar-refractivity contribution in [1.82, 2.24) is 9.78 Å². The number of carbonyl (C=O) groups is 2. The third-order valence-corrected chi connectivity index (χ3v) is 5.67. The summed E-state index contributed by atoms with van der Waals surface area (Å²) in [4.78, 5) is 25.0. The number of aryl methyl sites for hydroxylation is 1. The first-order valence-electron chi connectivity index (χ1n) is 8.30. The lowest BCUT2D eigenvalue weighted by atomic mass is 10.2. The zero-order chi connectivity index (χ0) is 19.7. The quantitative estimate of drug-likeness (QED) is 0.388.